The Hall–Kier alpha value is -1.05. The minimum atomic E-state index is -0.0931. The van der Waals surface area contributed by atoms with Crippen molar-refractivity contribution >= 4 is 22.4 Å². The summed E-state index contributed by atoms with van der Waals surface area (Å²) in [6.07, 6.45) is 2.16. The number of hydrogen-bond acceptors (Lipinski definition) is 1. The molecule has 0 amide bonds. The fraction of sp³-hybridized carbons (Fsp3) is 0.231. The van der Waals surface area contributed by atoms with Crippen LogP contribution in [0.15, 0.2) is 36.4 Å². The van der Waals surface area contributed by atoms with Crippen molar-refractivity contribution < 1.29 is 0 Å². The zero-order chi connectivity index (χ0) is 10.5. The molecule has 76 valence electrons. The van der Waals surface area contributed by atoms with E-state index in [2.05, 4.69) is 12.1 Å². The Morgan fingerprint density at radius 1 is 1.00 bits per heavy atom. The predicted molar refractivity (Wildman–Crippen MR) is 64.1 cm³/mol. The van der Waals surface area contributed by atoms with Gasteiger partial charge in [-0.15, -0.1) is 0 Å². The Morgan fingerprint density at radius 3 is 2.40 bits per heavy atom. The van der Waals surface area contributed by atoms with Crippen molar-refractivity contribution in [3.8, 4) is 0 Å². The van der Waals surface area contributed by atoms with Crippen LogP contribution in [0.2, 0.25) is 5.02 Å². The lowest BCUT2D eigenvalue weighted by atomic mass is 9.98. The number of halogens is 1. The molecular formula is C13H12ClN. The molecule has 2 aromatic carbocycles. The molecular weight excluding hydrogens is 206 g/mol. The van der Waals surface area contributed by atoms with E-state index in [1.54, 1.807) is 0 Å². The van der Waals surface area contributed by atoms with Crippen molar-refractivity contribution in [2.24, 2.45) is 5.73 Å². The molecule has 1 nitrogen and oxygen atoms in total. The van der Waals surface area contributed by atoms with Crippen molar-refractivity contribution in [2.75, 3.05) is 0 Å². The molecule has 0 unspecified atom stereocenters. The third kappa shape index (κ3) is 1.35. The molecule has 1 aliphatic rings. The molecule has 2 heteroatoms. The second kappa shape index (κ2) is 2.97. The third-order valence-electron chi connectivity index (χ3n) is 3.19. The van der Waals surface area contributed by atoms with E-state index in [1.807, 2.05) is 24.3 Å². The van der Waals surface area contributed by atoms with Crippen LogP contribution in [0.25, 0.3) is 10.8 Å². The van der Waals surface area contributed by atoms with Crippen molar-refractivity contribution in [3.05, 3.63) is 47.0 Å². The van der Waals surface area contributed by atoms with E-state index in [0.717, 1.165) is 23.3 Å². The summed E-state index contributed by atoms with van der Waals surface area (Å²) < 4.78 is 0. The largest absolute Gasteiger partial charge is 0.321 e. The summed E-state index contributed by atoms with van der Waals surface area (Å²) in [7, 11) is 0. The maximum absolute atomic E-state index is 6.24. The van der Waals surface area contributed by atoms with E-state index in [1.165, 1.54) is 10.9 Å². The standard InChI is InChI=1S/C13H12ClN/c14-12-6-2-3-9-10(12)4-1-5-11(9)13(15)7-8-13/h1-6H,7-8,15H2. The van der Waals surface area contributed by atoms with E-state index in [-0.39, 0.29) is 5.54 Å². The van der Waals surface area contributed by atoms with Crippen LogP contribution in [0.5, 0.6) is 0 Å². The van der Waals surface area contributed by atoms with E-state index < -0.39 is 0 Å². The van der Waals surface area contributed by atoms with Gasteiger partial charge >= 0.3 is 0 Å². The van der Waals surface area contributed by atoms with Crippen LogP contribution in [0.3, 0.4) is 0 Å². The third-order valence-corrected chi connectivity index (χ3v) is 3.52. The maximum Gasteiger partial charge on any atom is 0.0484 e. The molecule has 0 spiro atoms. The van der Waals surface area contributed by atoms with Gasteiger partial charge in [0, 0.05) is 15.9 Å². The highest BCUT2D eigenvalue weighted by Gasteiger charge is 2.40. The number of benzene rings is 2. The number of fused-ring (bicyclic) bond motifs is 1. The van der Waals surface area contributed by atoms with Gasteiger partial charge in [-0.1, -0.05) is 41.9 Å². The SMILES string of the molecule is NC1(c2cccc3c(Cl)cccc23)CC1. The van der Waals surface area contributed by atoms with E-state index in [4.69, 9.17) is 17.3 Å². The van der Waals surface area contributed by atoms with Gasteiger partial charge in [0.25, 0.3) is 0 Å². The molecule has 0 heterocycles. The molecule has 0 aromatic heterocycles. The van der Waals surface area contributed by atoms with Crippen LogP contribution in [-0.4, -0.2) is 0 Å². The molecule has 0 radical (unpaired) electrons. The number of rotatable bonds is 1. The quantitative estimate of drug-likeness (QED) is 0.778. The zero-order valence-corrected chi connectivity index (χ0v) is 9.09. The Labute approximate surface area is 93.8 Å². The smallest absolute Gasteiger partial charge is 0.0484 e. The minimum absolute atomic E-state index is 0.0931. The van der Waals surface area contributed by atoms with Gasteiger partial charge in [0.2, 0.25) is 0 Å². The van der Waals surface area contributed by atoms with Crippen molar-refractivity contribution in [2.45, 2.75) is 18.4 Å². The zero-order valence-electron chi connectivity index (χ0n) is 8.33. The Morgan fingerprint density at radius 2 is 1.67 bits per heavy atom. The van der Waals surface area contributed by atoms with Crippen LogP contribution in [0.1, 0.15) is 18.4 Å². The monoisotopic (exact) mass is 217 g/mol. The van der Waals surface area contributed by atoms with E-state index in [0.29, 0.717) is 0 Å². The highest BCUT2D eigenvalue weighted by molar-refractivity contribution is 6.35. The Balaban J connectivity index is 2.36. The molecule has 2 aromatic rings. The summed E-state index contributed by atoms with van der Waals surface area (Å²) in [4.78, 5) is 0. The molecule has 1 saturated carbocycles. The van der Waals surface area contributed by atoms with Crippen molar-refractivity contribution in [3.63, 3.8) is 0 Å². The molecule has 0 aliphatic heterocycles. The molecule has 1 fully saturated rings. The predicted octanol–water partition coefficient (Wildman–Crippen LogP) is 3.44. The van der Waals surface area contributed by atoms with Crippen LogP contribution < -0.4 is 5.73 Å². The summed E-state index contributed by atoms with van der Waals surface area (Å²) in [6.45, 7) is 0. The van der Waals surface area contributed by atoms with E-state index in [9.17, 15) is 0 Å². The van der Waals surface area contributed by atoms with E-state index >= 15 is 0 Å². The fourth-order valence-corrected chi connectivity index (χ4v) is 2.35. The molecule has 0 bridgehead atoms. The fourth-order valence-electron chi connectivity index (χ4n) is 2.11. The maximum atomic E-state index is 6.24. The lowest BCUT2D eigenvalue weighted by Crippen LogP contribution is -2.18. The summed E-state index contributed by atoms with van der Waals surface area (Å²) in [5.41, 5.74) is 7.39. The first kappa shape index (κ1) is 9.20. The molecule has 1 aliphatic carbocycles. The lowest BCUT2D eigenvalue weighted by molar-refractivity contribution is 0.748. The van der Waals surface area contributed by atoms with Crippen molar-refractivity contribution in [1.82, 2.24) is 0 Å². The normalized spacial score (nSPS) is 18.0. The lowest BCUT2D eigenvalue weighted by Gasteiger charge is -2.13. The van der Waals surface area contributed by atoms with Gasteiger partial charge in [0.05, 0.1) is 0 Å². The second-order valence-electron chi connectivity index (χ2n) is 4.30. The average molecular weight is 218 g/mol. The molecule has 2 N–H and O–H groups in total. The Kier molecular flexibility index (Phi) is 1.82. The minimum Gasteiger partial charge on any atom is -0.321 e. The van der Waals surface area contributed by atoms with Crippen LogP contribution in [-0.2, 0) is 5.54 Å². The topological polar surface area (TPSA) is 26.0 Å². The molecule has 0 atom stereocenters. The van der Waals surface area contributed by atoms with Gasteiger partial charge in [-0.25, -0.2) is 0 Å². The summed E-state index contributed by atoms with van der Waals surface area (Å²) >= 11 is 6.16. The van der Waals surface area contributed by atoms with Crippen molar-refractivity contribution in [1.29, 1.82) is 0 Å². The van der Waals surface area contributed by atoms with Crippen LogP contribution in [0.4, 0.5) is 0 Å². The van der Waals surface area contributed by atoms with Gasteiger partial charge < -0.3 is 5.73 Å². The van der Waals surface area contributed by atoms with Crippen LogP contribution >= 0.6 is 11.6 Å². The van der Waals surface area contributed by atoms with Gasteiger partial charge in [0.15, 0.2) is 0 Å². The van der Waals surface area contributed by atoms with Gasteiger partial charge in [-0.05, 0) is 29.9 Å². The summed E-state index contributed by atoms with van der Waals surface area (Å²) in [6, 6.07) is 12.2. The summed E-state index contributed by atoms with van der Waals surface area (Å²) in [5.74, 6) is 0. The highest BCUT2D eigenvalue weighted by atomic mass is 35.5. The number of nitrogens with two attached hydrogens (primary N) is 1. The average Bonchev–Trinajstić information content (AvgIpc) is 2.98. The second-order valence-corrected chi connectivity index (χ2v) is 4.70. The first-order valence-corrected chi connectivity index (χ1v) is 5.55. The first-order chi connectivity index (χ1) is 7.21. The molecule has 15 heavy (non-hydrogen) atoms. The van der Waals surface area contributed by atoms with Gasteiger partial charge in [-0.3, -0.25) is 0 Å². The van der Waals surface area contributed by atoms with Gasteiger partial charge in [0.1, 0.15) is 0 Å². The Bertz CT molecular complexity index is 529. The summed E-state index contributed by atoms with van der Waals surface area (Å²) in [5, 5.41) is 3.11. The number of hydrogen-bond donors (Lipinski definition) is 1. The molecule has 0 saturated heterocycles. The van der Waals surface area contributed by atoms with Gasteiger partial charge in [-0.2, -0.15) is 0 Å². The highest BCUT2D eigenvalue weighted by Crippen LogP contribution is 2.45. The first-order valence-electron chi connectivity index (χ1n) is 5.17. The molecule has 3 rings (SSSR count). The van der Waals surface area contributed by atoms with Crippen LogP contribution in [0, 0.1) is 0 Å².